The second-order valence-corrected chi connectivity index (χ2v) is 10.1. The van der Waals surface area contributed by atoms with Crippen molar-refractivity contribution in [2.24, 2.45) is 10.9 Å². The molecule has 2 saturated heterocycles. The summed E-state index contributed by atoms with van der Waals surface area (Å²) in [7, 11) is 0. The number of piperidine rings is 1. The van der Waals surface area contributed by atoms with E-state index in [1.54, 1.807) is 0 Å². The van der Waals surface area contributed by atoms with Gasteiger partial charge in [0, 0.05) is 38.3 Å². The zero-order chi connectivity index (χ0) is 25.8. The highest BCUT2D eigenvalue weighted by atomic mass is 16.5. The first kappa shape index (κ1) is 25.4. The lowest BCUT2D eigenvalue weighted by atomic mass is 9.92. The highest BCUT2D eigenvalue weighted by Gasteiger charge is 2.45. The first-order valence-electron chi connectivity index (χ1n) is 13.2. The van der Waals surface area contributed by atoms with E-state index in [0.29, 0.717) is 51.6 Å². The van der Waals surface area contributed by atoms with Crippen molar-refractivity contribution in [1.82, 2.24) is 15.1 Å². The van der Waals surface area contributed by atoms with Crippen molar-refractivity contribution < 1.29 is 23.6 Å². The fourth-order valence-electron chi connectivity index (χ4n) is 5.48. The molecule has 2 amide bonds. The molecule has 1 N–H and O–H groups in total. The van der Waals surface area contributed by atoms with Crippen LogP contribution in [0.25, 0.3) is 0 Å². The molecule has 196 valence electrons. The minimum absolute atomic E-state index is 0.0603. The molecule has 4 aliphatic rings. The summed E-state index contributed by atoms with van der Waals surface area (Å²) < 4.78 is 13.4. The zero-order valence-corrected chi connectivity index (χ0v) is 21.6. The maximum Gasteiger partial charge on any atom is 0.388 e. The van der Waals surface area contributed by atoms with Crippen molar-refractivity contribution in [2.45, 2.75) is 38.4 Å². The number of para-hydroxylation sites is 1. The zero-order valence-electron chi connectivity index (χ0n) is 21.6. The van der Waals surface area contributed by atoms with Crippen LogP contribution in [0.5, 0.6) is 5.75 Å². The fourth-order valence-corrected chi connectivity index (χ4v) is 5.48. The van der Waals surface area contributed by atoms with Gasteiger partial charge in [0.15, 0.2) is 6.04 Å². The van der Waals surface area contributed by atoms with Crippen LogP contribution in [0, 0.1) is 5.92 Å². The Balaban J connectivity index is 1.37. The van der Waals surface area contributed by atoms with Gasteiger partial charge in [-0.3, -0.25) is 9.59 Å². The summed E-state index contributed by atoms with van der Waals surface area (Å²) in [6.07, 6.45) is 8.51. The predicted molar refractivity (Wildman–Crippen MR) is 141 cm³/mol. The van der Waals surface area contributed by atoms with E-state index in [2.05, 4.69) is 5.32 Å². The quantitative estimate of drug-likeness (QED) is 0.566. The van der Waals surface area contributed by atoms with Crippen LogP contribution in [0.4, 0.5) is 0 Å². The van der Waals surface area contributed by atoms with Crippen LogP contribution in [0.3, 0.4) is 0 Å². The van der Waals surface area contributed by atoms with Crippen LogP contribution >= 0.6 is 0 Å². The van der Waals surface area contributed by atoms with E-state index in [1.807, 2.05) is 82.9 Å². The molecular formula is C28H36N5O4+. The lowest BCUT2D eigenvalue weighted by molar-refractivity contribution is -0.563. The molecule has 2 fully saturated rings. The number of hydrogen-bond donors (Lipinski definition) is 1. The van der Waals surface area contributed by atoms with E-state index in [0.717, 1.165) is 11.5 Å². The molecule has 3 aliphatic heterocycles. The van der Waals surface area contributed by atoms with Crippen molar-refractivity contribution in [1.29, 1.82) is 0 Å². The average molecular weight is 507 g/mol. The second kappa shape index (κ2) is 11.4. The van der Waals surface area contributed by atoms with Crippen LogP contribution in [0.2, 0.25) is 0 Å². The molecule has 0 bridgehead atoms. The molecular weight excluding hydrogens is 470 g/mol. The normalized spacial score (nSPS) is 25.2. The number of morpholine rings is 1. The maximum absolute atomic E-state index is 14.1. The number of allylic oxidation sites excluding steroid dienone is 2. The highest BCUT2D eigenvalue weighted by molar-refractivity contribution is 6.39. The standard InChI is InChI=1S/C28H36N5O4/c1-20(2)33(22-16-21(17-29-18-22)27(34)31-12-14-36-15-13-31)28(35)26-30-24-10-6-7-11-25(24)32(26)19-37-23-8-4-3-5-9-23/h3-11,20-22,25,29H,12-19H2,1-2H3/q+1/t21-,22+,25?/m1/s1. The number of carbonyl (C=O) groups excluding carboxylic acids is 2. The van der Waals surface area contributed by atoms with Gasteiger partial charge < -0.3 is 24.6 Å². The minimum Gasteiger partial charge on any atom is -0.455 e. The third-order valence-electron chi connectivity index (χ3n) is 7.31. The molecule has 0 spiro atoms. The number of rotatable bonds is 7. The van der Waals surface area contributed by atoms with Gasteiger partial charge in [0.1, 0.15) is 5.75 Å². The van der Waals surface area contributed by atoms with Gasteiger partial charge >= 0.3 is 11.7 Å². The van der Waals surface area contributed by atoms with Crippen molar-refractivity contribution in [3.05, 3.63) is 54.6 Å². The molecule has 37 heavy (non-hydrogen) atoms. The van der Waals surface area contributed by atoms with Gasteiger partial charge in [-0.15, -0.1) is 0 Å². The van der Waals surface area contributed by atoms with Crippen molar-refractivity contribution in [3.63, 3.8) is 0 Å². The molecule has 9 nitrogen and oxygen atoms in total. The van der Waals surface area contributed by atoms with Crippen molar-refractivity contribution in [3.8, 4) is 5.75 Å². The van der Waals surface area contributed by atoms with Crippen molar-refractivity contribution >= 4 is 23.4 Å². The topological polar surface area (TPSA) is 86.5 Å². The molecule has 0 radical (unpaired) electrons. The number of fused-ring (bicyclic) bond motifs is 1. The summed E-state index contributed by atoms with van der Waals surface area (Å²) in [4.78, 5) is 35.9. The van der Waals surface area contributed by atoms with Crippen LogP contribution in [-0.4, -0.2) is 102 Å². The Morgan fingerprint density at radius 3 is 2.73 bits per heavy atom. The van der Waals surface area contributed by atoms with Gasteiger partial charge in [0.25, 0.3) is 0 Å². The SMILES string of the molecule is CC(C)N(C(=O)C1=[N+](COc2ccccc2)C2C=CC=CC2=N1)[C@@H]1CNC[C@H](C(=O)N2CCOCC2)C1. The van der Waals surface area contributed by atoms with E-state index in [4.69, 9.17) is 14.5 Å². The fraction of sp³-hybridized carbons (Fsp3) is 0.500. The molecule has 1 aliphatic carbocycles. The van der Waals surface area contributed by atoms with E-state index in [1.165, 1.54) is 0 Å². The Morgan fingerprint density at radius 2 is 1.97 bits per heavy atom. The van der Waals surface area contributed by atoms with Crippen LogP contribution in [-0.2, 0) is 14.3 Å². The van der Waals surface area contributed by atoms with Gasteiger partial charge in [-0.05, 0) is 49.5 Å². The third kappa shape index (κ3) is 5.52. The number of nitrogens with zero attached hydrogens (tertiary/aromatic N) is 4. The lowest BCUT2D eigenvalue weighted by Crippen LogP contribution is -2.58. The third-order valence-corrected chi connectivity index (χ3v) is 7.31. The Hall–Kier alpha value is -3.30. The summed E-state index contributed by atoms with van der Waals surface area (Å²) in [6.45, 7) is 7.92. The Morgan fingerprint density at radius 1 is 1.19 bits per heavy atom. The molecule has 1 unspecified atom stereocenters. The smallest absolute Gasteiger partial charge is 0.388 e. The minimum atomic E-state index is -0.170. The highest BCUT2D eigenvalue weighted by Crippen LogP contribution is 2.23. The summed E-state index contributed by atoms with van der Waals surface area (Å²) in [5.74, 6) is 0.949. The number of amides is 2. The number of amidine groups is 1. The number of hydrogen-bond acceptors (Lipinski definition) is 6. The molecule has 0 aromatic heterocycles. The van der Waals surface area contributed by atoms with Crippen LogP contribution < -0.4 is 10.1 Å². The Kier molecular flexibility index (Phi) is 7.81. The molecule has 3 atom stereocenters. The lowest BCUT2D eigenvalue weighted by Gasteiger charge is -2.40. The number of nitrogens with one attached hydrogen (secondary N) is 1. The second-order valence-electron chi connectivity index (χ2n) is 10.1. The molecule has 0 saturated carbocycles. The number of benzene rings is 1. The van der Waals surface area contributed by atoms with Gasteiger partial charge in [0.2, 0.25) is 18.3 Å². The molecule has 1 aromatic rings. The van der Waals surface area contributed by atoms with Crippen molar-refractivity contribution in [2.75, 3.05) is 46.1 Å². The summed E-state index contributed by atoms with van der Waals surface area (Å²) in [6, 6.07) is 9.25. The summed E-state index contributed by atoms with van der Waals surface area (Å²) in [5.41, 5.74) is 0.827. The van der Waals surface area contributed by atoms with E-state index < -0.39 is 0 Å². The van der Waals surface area contributed by atoms with E-state index in [-0.39, 0.29) is 42.6 Å². The van der Waals surface area contributed by atoms with Gasteiger partial charge in [-0.2, -0.15) is 0 Å². The van der Waals surface area contributed by atoms with Crippen LogP contribution in [0.1, 0.15) is 20.3 Å². The number of ether oxygens (including phenoxy) is 2. The summed E-state index contributed by atoms with van der Waals surface area (Å²) >= 11 is 0. The monoisotopic (exact) mass is 506 g/mol. The van der Waals surface area contributed by atoms with Gasteiger partial charge in [-0.1, -0.05) is 30.4 Å². The first-order chi connectivity index (χ1) is 18.0. The average Bonchev–Trinajstić information content (AvgIpc) is 3.31. The predicted octanol–water partition coefficient (Wildman–Crippen LogP) is 1.46. The maximum atomic E-state index is 14.1. The molecule has 9 heteroatoms. The summed E-state index contributed by atoms with van der Waals surface area (Å²) in [5, 5.41) is 3.42. The van der Waals surface area contributed by atoms with Gasteiger partial charge in [-0.25, -0.2) is 4.58 Å². The number of carbonyl (C=O) groups is 2. The largest absolute Gasteiger partial charge is 0.455 e. The number of aliphatic imine (C=N–C) groups is 1. The Bertz CT molecular complexity index is 1120. The Labute approximate surface area is 218 Å². The molecule has 5 rings (SSSR count). The molecule has 3 heterocycles. The van der Waals surface area contributed by atoms with Gasteiger partial charge in [0.05, 0.1) is 19.1 Å². The van der Waals surface area contributed by atoms with Crippen LogP contribution in [0.15, 0.2) is 59.6 Å². The van der Waals surface area contributed by atoms with E-state index in [9.17, 15) is 9.59 Å². The van der Waals surface area contributed by atoms with E-state index >= 15 is 0 Å². The first-order valence-corrected chi connectivity index (χ1v) is 13.2. The molecule has 1 aromatic carbocycles.